The smallest absolute Gasteiger partial charge is 0.180 e. The van der Waals surface area contributed by atoms with Crippen LogP contribution in [0.3, 0.4) is 0 Å². The largest absolute Gasteiger partial charge is 0.508 e. The van der Waals surface area contributed by atoms with E-state index in [1.54, 1.807) is 12.1 Å². The molecular weight excluding hydrogens is 316 g/mol. The molecule has 2 aromatic carbocycles. The summed E-state index contributed by atoms with van der Waals surface area (Å²) >= 11 is 7.51. The summed E-state index contributed by atoms with van der Waals surface area (Å²) in [5.74, 6) is 0.329. The van der Waals surface area contributed by atoms with E-state index in [0.29, 0.717) is 5.13 Å². The molecule has 0 saturated heterocycles. The molecule has 0 fully saturated rings. The van der Waals surface area contributed by atoms with Crippen LogP contribution in [0, 0.1) is 0 Å². The van der Waals surface area contributed by atoms with Crippen molar-refractivity contribution in [3.8, 4) is 5.75 Å². The Morgan fingerprint density at radius 3 is 2.59 bits per heavy atom. The van der Waals surface area contributed by atoms with Gasteiger partial charge in [-0.25, -0.2) is 4.98 Å². The number of hydrogen-bond donors (Lipinski definition) is 2. The molecule has 1 atom stereocenters. The van der Waals surface area contributed by atoms with Crippen molar-refractivity contribution >= 4 is 28.1 Å². The molecular formula is C17H15ClN2OS. The lowest BCUT2D eigenvalue weighted by atomic mass is 9.90. The normalized spacial score (nSPS) is 12.2. The van der Waals surface area contributed by atoms with E-state index in [-0.39, 0.29) is 11.7 Å². The molecule has 0 radical (unpaired) electrons. The van der Waals surface area contributed by atoms with Crippen LogP contribution in [0.15, 0.2) is 53.9 Å². The minimum atomic E-state index is 0.0765. The topological polar surface area (TPSA) is 59.1 Å². The third-order valence-corrected chi connectivity index (χ3v) is 4.45. The molecule has 0 bridgehead atoms. The average Bonchev–Trinajstić information content (AvgIpc) is 2.92. The molecule has 0 amide bonds. The fraction of sp³-hybridized carbons (Fsp3) is 0.118. The van der Waals surface area contributed by atoms with Gasteiger partial charge in [0.05, 0.1) is 5.69 Å². The second kappa shape index (κ2) is 6.38. The summed E-state index contributed by atoms with van der Waals surface area (Å²) < 4.78 is 0. The molecule has 22 heavy (non-hydrogen) atoms. The Bertz CT molecular complexity index is 770. The number of phenols is 1. The lowest BCUT2D eigenvalue weighted by Gasteiger charge is -2.16. The lowest BCUT2D eigenvalue weighted by Crippen LogP contribution is -2.06. The van der Waals surface area contributed by atoms with Gasteiger partial charge in [-0.1, -0.05) is 35.9 Å². The Morgan fingerprint density at radius 2 is 1.95 bits per heavy atom. The molecule has 0 aliphatic carbocycles. The third-order valence-electron chi connectivity index (χ3n) is 3.52. The van der Waals surface area contributed by atoms with Gasteiger partial charge in [-0.2, -0.15) is 0 Å². The summed E-state index contributed by atoms with van der Waals surface area (Å²) in [6, 6.07) is 15.0. The summed E-state index contributed by atoms with van der Waals surface area (Å²) in [7, 11) is 0. The van der Waals surface area contributed by atoms with Crippen LogP contribution in [0.4, 0.5) is 5.13 Å². The fourth-order valence-electron chi connectivity index (χ4n) is 2.46. The van der Waals surface area contributed by atoms with Crippen molar-refractivity contribution in [2.45, 2.75) is 12.3 Å². The quantitative estimate of drug-likeness (QED) is 0.742. The van der Waals surface area contributed by atoms with Crippen LogP contribution in [0.5, 0.6) is 5.75 Å². The van der Waals surface area contributed by atoms with Crippen molar-refractivity contribution in [2.24, 2.45) is 0 Å². The summed E-state index contributed by atoms with van der Waals surface area (Å²) in [5.41, 5.74) is 8.94. The predicted octanol–water partition coefficient (Wildman–Crippen LogP) is 4.46. The first kappa shape index (κ1) is 14.9. The predicted molar refractivity (Wildman–Crippen MR) is 91.6 cm³/mol. The van der Waals surface area contributed by atoms with Gasteiger partial charge in [0, 0.05) is 16.3 Å². The summed E-state index contributed by atoms with van der Waals surface area (Å²) in [6.07, 6.45) is 0.772. The van der Waals surface area contributed by atoms with Crippen LogP contribution in [-0.2, 0) is 6.42 Å². The van der Waals surface area contributed by atoms with Gasteiger partial charge in [0.15, 0.2) is 5.13 Å². The molecule has 112 valence electrons. The van der Waals surface area contributed by atoms with Gasteiger partial charge < -0.3 is 10.8 Å². The van der Waals surface area contributed by atoms with Crippen molar-refractivity contribution in [1.29, 1.82) is 0 Å². The number of phenolic OH excluding ortho intramolecular Hbond substituents is 1. The van der Waals surface area contributed by atoms with E-state index in [0.717, 1.165) is 28.3 Å². The van der Waals surface area contributed by atoms with Gasteiger partial charge in [-0.3, -0.25) is 0 Å². The highest BCUT2D eigenvalue weighted by Gasteiger charge is 2.18. The van der Waals surface area contributed by atoms with E-state index in [2.05, 4.69) is 11.1 Å². The second-order valence-electron chi connectivity index (χ2n) is 5.09. The average molecular weight is 331 g/mol. The second-order valence-corrected chi connectivity index (χ2v) is 6.41. The number of rotatable bonds is 4. The standard InChI is InChI=1S/C17H15ClN2OS/c18-13-3-1-2-11(8-13)9-15(16-10-22-17(19)20-16)12-4-6-14(21)7-5-12/h1-8,10,15,21H,9H2,(H2,19,20). The molecule has 3 rings (SSSR count). The minimum Gasteiger partial charge on any atom is -0.508 e. The Labute approximate surface area is 138 Å². The van der Waals surface area contributed by atoms with Crippen LogP contribution < -0.4 is 5.73 Å². The maximum atomic E-state index is 9.49. The number of nitrogen functional groups attached to an aromatic ring is 1. The number of aromatic nitrogens is 1. The minimum absolute atomic E-state index is 0.0765. The lowest BCUT2D eigenvalue weighted by molar-refractivity contribution is 0.475. The number of halogens is 1. The van der Waals surface area contributed by atoms with Crippen LogP contribution >= 0.6 is 22.9 Å². The zero-order valence-electron chi connectivity index (χ0n) is 11.7. The van der Waals surface area contributed by atoms with Crippen LogP contribution in [0.25, 0.3) is 0 Å². The molecule has 1 heterocycles. The first-order chi connectivity index (χ1) is 10.6. The number of hydrogen-bond acceptors (Lipinski definition) is 4. The van der Waals surface area contributed by atoms with E-state index in [1.165, 1.54) is 11.3 Å². The molecule has 3 aromatic rings. The molecule has 0 saturated carbocycles. The Morgan fingerprint density at radius 1 is 1.18 bits per heavy atom. The van der Waals surface area contributed by atoms with E-state index in [4.69, 9.17) is 17.3 Å². The maximum Gasteiger partial charge on any atom is 0.180 e. The van der Waals surface area contributed by atoms with Gasteiger partial charge in [0.25, 0.3) is 0 Å². The van der Waals surface area contributed by atoms with Crippen molar-refractivity contribution in [1.82, 2.24) is 4.98 Å². The fourth-order valence-corrected chi connectivity index (χ4v) is 3.29. The number of aromatic hydroxyl groups is 1. The van der Waals surface area contributed by atoms with E-state index < -0.39 is 0 Å². The van der Waals surface area contributed by atoms with Crippen LogP contribution in [0.2, 0.25) is 5.02 Å². The van der Waals surface area contributed by atoms with E-state index >= 15 is 0 Å². The van der Waals surface area contributed by atoms with Crippen molar-refractivity contribution in [3.63, 3.8) is 0 Å². The maximum absolute atomic E-state index is 9.49. The summed E-state index contributed by atoms with van der Waals surface area (Å²) in [5, 5.41) is 12.8. The summed E-state index contributed by atoms with van der Waals surface area (Å²) in [6.45, 7) is 0. The number of benzene rings is 2. The van der Waals surface area contributed by atoms with Gasteiger partial charge in [0.2, 0.25) is 0 Å². The van der Waals surface area contributed by atoms with Crippen molar-refractivity contribution in [3.05, 3.63) is 75.8 Å². The van der Waals surface area contributed by atoms with Gasteiger partial charge in [-0.05, 0) is 41.8 Å². The first-order valence-electron chi connectivity index (χ1n) is 6.86. The van der Waals surface area contributed by atoms with Crippen LogP contribution in [-0.4, -0.2) is 10.1 Å². The van der Waals surface area contributed by atoms with Gasteiger partial charge >= 0.3 is 0 Å². The molecule has 0 spiro atoms. The first-order valence-corrected chi connectivity index (χ1v) is 8.12. The molecule has 3 N–H and O–H groups in total. The molecule has 3 nitrogen and oxygen atoms in total. The third kappa shape index (κ3) is 3.40. The Kier molecular flexibility index (Phi) is 4.32. The van der Waals surface area contributed by atoms with Crippen molar-refractivity contribution in [2.75, 3.05) is 5.73 Å². The highest BCUT2D eigenvalue weighted by molar-refractivity contribution is 7.13. The van der Waals surface area contributed by atoms with Gasteiger partial charge in [-0.15, -0.1) is 11.3 Å². The molecule has 0 aliphatic heterocycles. The number of anilines is 1. The SMILES string of the molecule is Nc1nc(C(Cc2cccc(Cl)c2)c2ccc(O)cc2)cs1. The number of thiazole rings is 1. The zero-order chi connectivity index (χ0) is 15.5. The van der Waals surface area contributed by atoms with E-state index in [1.807, 2.05) is 35.7 Å². The molecule has 1 aromatic heterocycles. The van der Waals surface area contributed by atoms with Crippen LogP contribution in [0.1, 0.15) is 22.7 Å². The molecule has 5 heteroatoms. The summed E-state index contributed by atoms with van der Waals surface area (Å²) in [4.78, 5) is 4.43. The van der Waals surface area contributed by atoms with Crippen molar-refractivity contribution < 1.29 is 5.11 Å². The van der Waals surface area contributed by atoms with Gasteiger partial charge in [0.1, 0.15) is 5.75 Å². The Hall–Kier alpha value is -2.04. The zero-order valence-corrected chi connectivity index (χ0v) is 13.3. The number of nitrogens with zero attached hydrogens (tertiary/aromatic N) is 1. The highest BCUT2D eigenvalue weighted by Crippen LogP contribution is 2.31. The number of nitrogens with two attached hydrogens (primary N) is 1. The highest BCUT2D eigenvalue weighted by atomic mass is 35.5. The molecule has 0 aliphatic rings. The Balaban J connectivity index is 1.97. The monoisotopic (exact) mass is 330 g/mol. The van der Waals surface area contributed by atoms with E-state index in [9.17, 15) is 5.11 Å². The molecule has 1 unspecified atom stereocenters.